The summed E-state index contributed by atoms with van der Waals surface area (Å²) in [6, 6.07) is 6.45. The van der Waals surface area contributed by atoms with Gasteiger partial charge in [0.05, 0.1) is 0 Å². The van der Waals surface area contributed by atoms with E-state index in [2.05, 4.69) is 72.3 Å². The van der Waals surface area contributed by atoms with E-state index in [-0.39, 0.29) is 24.1 Å². The molecule has 35 heavy (non-hydrogen) atoms. The van der Waals surface area contributed by atoms with Crippen LogP contribution in [0.5, 0.6) is 0 Å². The average Bonchev–Trinajstić information content (AvgIpc) is 3.15. The summed E-state index contributed by atoms with van der Waals surface area (Å²) in [5.41, 5.74) is 8.39. The average molecular weight is 473 g/mol. The molecule has 0 spiro atoms. The largest absolute Gasteiger partial charge is 0.384 e. The fourth-order valence-corrected chi connectivity index (χ4v) is 4.89. The van der Waals surface area contributed by atoms with E-state index in [1.807, 2.05) is 26.0 Å². The standard InChI is InChI=1S/C29H36N4O2/c1-7-8-21-11-20(6)32-29(35)25(21)15-31-28(34)24-12-23(22-10-9-19(5)30-14-22)13-26-27(24)18(4)16-33(26)17(2)3/h9-13,16-17,30H,7-8,14-15H2,1-6H3,(H,31,34)(H,32,35). The minimum absolute atomic E-state index is 0.129. The van der Waals surface area contributed by atoms with Crippen molar-refractivity contribution < 1.29 is 4.79 Å². The minimum atomic E-state index is -0.167. The molecule has 184 valence electrons. The van der Waals surface area contributed by atoms with Gasteiger partial charge < -0.3 is 20.2 Å². The summed E-state index contributed by atoms with van der Waals surface area (Å²) in [5.74, 6) is -0.167. The number of aryl methyl sites for hydroxylation is 3. The van der Waals surface area contributed by atoms with Crippen molar-refractivity contribution in [2.45, 2.75) is 67.0 Å². The van der Waals surface area contributed by atoms with Gasteiger partial charge >= 0.3 is 0 Å². The zero-order valence-corrected chi connectivity index (χ0v) is 21.6. The Hall–Kier alpha value is -3.54. The molecule has 3 aromatic rings. The summed E-state index contributed by atoms with van der Waals surface area (Å²) in [5, 5.41) is 7.41. The molecule has 0 atom stereocenters. The number of hydrogen-bond donors (Lipinski definition) is 3. The van der Waals surface area contributed by atoms with E-state index < -0.39 is 0 Å². The van der Waals surface area contributed by atoms with Gasteiger partial charge in [0.2, 0.25) is 0 Å². The Kier molecular flexibility index (Phi) is 7.01. The van der Waals surface area contributed by atoms with Crippen LogP contribution in [0.15, 0.2) is 47.0 Å². The van der Waals surface area contributed by atoms with Gasteiger partial charge in [0.15, 0.2) is 0 Å². The van der Waals surface area contributed by atoms with Crippen LogP contribution in [0, 0.1) is 13.8 Å². The van der Waals surface area contributed by atoms with Crippen LogP contribution in [-0.4, -0.2) is 22.0 Å². The summed E-state index contributed by atoms with van der Waals surface area (Å²) >= 11 is 0. The number of aromatic nitrogens is 2. The van der Waals surface area contributed by atoms with Crippen molar-refractivity contribution in [3.8, 4) is 0 Å². The third kappa shape index (κ3) is 4.97. The molecule has 0 saturated heterocycles. The van der Waals surface area contributed by atoms with E-state index in [0.717, 1.165) is 63.9 Å². The third-order valence-corrected chi connectivity index (χ3v) is 6.69. The molecule has 1 aliphatic heterocycles. The molecule has 6 heteroatoms. The molecule has 0 radical (unpaired) electrons. The quantitative estimate of drug-likeness (QED) is 0.437. The predicted molar refractivity (Wildman–Crippen MR) is 144 cm³/mol. The monoisotopic (exact) mass is 472 g/mol. The first kappa shape index (κ1) is 24.6. The summed E-state index contributed by atoms with van der Waals surface area (Å²) in [6.07, 6.45) is 8.05. The Morgan fingerprint density at radius 1 is 1.14 bits per heavy atom. The number of dihydropyridines is 1. The van der Waals surface area contributed by atoms with Gasteiger partial charge in [-0.25, -0.2) is 0 Å². The minimum Gasteiger partial charge on any atom is -0.384 e. The fraction of sp³-hybridized carbons (Fsp3) is 0.379. The molecule has 0 aliphatic carbocycles. The second kappa shape index (κ2) is 9.98. The molecule has 0 bridgehead atoms. The molecule has 2 aromatic heterocycles. The zero-order chi connectivity index (χ0) is 25.3. The lowest BCUT2D eigenvalue weighted by Crippen LogP contribution is -2.28. The summed E-state index contributed by atoms with van der Waals surface area (Å²) in [7, 11) is 0. The van der Waals surface area contributed by atoms with Gasteiger partial charge in [-0.15, -0.1) is 0 Å². The molecule has 1 aliphatic rings. The van der Waals surface area contributed by atoms with Crippen molar-refractivity contribution >= 4 is 22.4 Å². The smallest absolute Gasteiger partial charge is 0.253 e. The van der Waals surface area contributed by atoms with Crippen LogP contribution in [-0.2, 0) is 13.0 Å². The van der Waals surface area contributed by atoms with Crippen LogP contribution < -0.4 is 16.2 Å². The van der Waals surface area contributed by atoms with Gasteiger partial charge in [-0.2, -0.15) is 0 Å². The Balaban J connectivity index is 1.77. The summed E-state index contributed by atoms with van der Waals surface area (Å²) in [4.78, 5) is 29.2. The number of fused-ring (bicyclic) bond motifs is 1. The van der Waals surface area contributed by atoms with E-state index in [1.54, 1.807) is 0 Å². The normalized spacial score (nSPS) is 13.6. The van der Waals surface area contributed by atoms with Crippen molar-refractivity contribution in [1.82, 2.24) is 20.2 Å². The van der Waals surface area contributed by atoms with Crippen LogP contribution in [0.4, 0.5) is 0 Å². The topological polar surface area (TPSA) is 78.9 Å². The zero-order valence-electron chi connectivity index (χ0n) is 21.6. The van der Waals surface area contributed by atoms with E-state index >= 15 is 0 Å². The van der Waals surface area contributed by atoms with Crippen molar-refractivity contribution in [3.05, 3.63) is 86.1 Å². The second-order valence-electron chi connectivity index (χ2n) is 9.84. The highest BCUT2D eigenvalue weighted by Crippen LogP contribution is 2.32. The van der Waals surface area contributed by atoms with Gasteiger partial charge in [0.1, 0.15) is 0 Å². The number of nitrogens with one attached hydrogen (secondary N) is 3. The van der Waals surface area contributed by atoms with E-state index in [0.29, 0.717) is 11.1 Å². The number of carbonyl (C=O) groups is 1. The third-order valence-electron chi connectivity index (χ3n) is 6.69. The van der Waals surface area contributed by atoms with Crippen LogP contribution in [0.1, 0.15) is 78.5 Å². The Morgan fingerprint density at radius 2 is 1.91 bits per heavy atom. The number of carbonyl (C=O) groups excluding carboxylic acids is 1. The van der Waals surface area contributed by atoms with Crippen molar-refractivity contribution in [2.75, 3.05) is 6.54 Å². The maximum atomic E-state index is 13.6. The number of allylic oxidation sites excluding steroid dienone is 3. The number of hydrogen-bond acceptors (Lipinski definition) is 3. The van der Waals surface area contributed by atoms with Gasteiger partial charge in [0, 0.05) is 58.7 Å². The molecule has 4 rings (SSSR count). The SMILES string of the molecule is CCCc1cc(C)[nH]c(=O)c1CNC(=O)c1cc(C2=CC=C(C)NC2)cc2c1c(C)cn2C(C)C. The van der Waals surface area contributed by atoms with Crippen molar-refractivity contribution in [1.29, 1.82) is 0 Å². The van der Waals surface area contributed by atoms with Crippen LogP contribution in [0.3, 0.4) is 0 Å². The lowest BCUT2D eigenvalue weighted by atomic mass is 9.96. The molecule has 0 unspecified atom stereocenters. The molecule has 0 fully saturated rings. The van der Waals surface area contributed by atoms with E-state index in [9.17, 15) is 9.59 Å². The number of aromatic amines is 1. The first-order chi connectivity index (χ1) is 16.7. The van der Waals surface area contributed by atoms with Crippen molar-refractivity contribution in [3.63, 3.8) is 0 Å². The number of pyridine rings is 1. The molecule has 0 saturated carbocycles. The van der Waals surface area contributed by atoms with Gasteiger partial charge in [-0.05, 0) is 87.6 Å². The maximum absolute atomic E-state index is 13.6. The lowest BCUT2D eigenvalue weighted by molar-refractivity contribution is 0.0952. The summed E-state index contributed by atoms with van der Waals surface area (Å²) in [6.45, 7) is 13.3. The highest BCUT2D eigenvalue weighted by Gasteiger charge is 2.20. The lowest BCUT2D eigenvalue weighted by Gasteiger charge is -2.18. The number of rotatable bonds is 7. The molecule has 6 nitrogen and oxygen atoms in total. The molecule has 1 aromatic carbocycles. The van der Waals surface area contributed by atoms with Crippen LogP contribution >= 0.6 is 0 Å². The van der Waals surface area contributed by atoms with E-state index in [1.165, 1.54) is 0 Å². The predicted octanol–water partition coefficient (Wildman–Crippen LogP) is 5.30. The molecule has 3 N–H and O–H groups in total. The first-order valence-electron chi connectivity index (χ1n) is 12.5. The molecular weight excluding hydrogens is 436 g/mol. The van der Waals surface area contributed by atoms with Gasteiger partial charge in [0.25, 0.3) is 11.5 Å². The van der Waals surface area contributed by atoms with Gasteiger partial charge in [-0.3, -0.25) is 9.59 Å². The Morgan fingerprint density at radius 3 is 2.57 bits per heavy atom. The number of H-pyrrole nitrogens is 1. The molecule has 1 amide bonds. The molecule has 3 heterocycles. The number of nitrogens with zero attached hydrogens (tertiary/aromatic N) is 1. The van der Waals surface area contributed by atoms with Crippen LogP contribution in [0.25, 0.3) is 16.5 Å². The fourth-order valence-electron chi connectivity index (χ4n) is 4.89. The van der Waals surface area contributed by atoms with Crippen molar-refractivity contribution in [2.24, 2.45) is 0 Å². The Labute approximate surface area is 207 Å². The highest BCUT2D eigenvalue weighted by molar-refractivity contribution is 6.09. The molecular formula is C29H36N4O2. The Bertz CT molecular complexity index is 1400. The van der Waals surface area contributed by atoms with Gasteiger partial charge in [-0.1, -0.05) is 19.4 Å². The number of benzene rings is 1. The maximum Gasteiger partial charge on any atom is 0.253 e. The number of amides is 1. The van der Waals surface area contributed by atoms with E-state index in [4.69, 9.17) is 0 Å². The second-order valence-corrected chi connectivity index (χ2v) is 9.84. The summed E-state index contributed by atoms with van der Waals surface area (Å²) < 4.78 is 2.23. The highest BCUT2D eigenvalue weighted by atomic mass is 16.1. The van der Waals surface area contributed by atoms with Crippen LogP contribution in [0.2, 0.25) is 0 Å². The first-order valence-corrected chi connectivity index (χ1v) is 12.5.